The summed E-state index contributed by atoms with van der Waals surface area (Å²) < 4.78 is 11.6. The number of nitrogens with zero attached hydrogens (tertiary/aromatic N) is 1. The van der Waals surface area contributed by atoms with Crippen molar-refractivity contribution in [3.05, 3.63) is 53.2 Å². The van der Waals surface area contributed by atoms with Crippen molar-refractivity contribution in [1.29, 1.82) is 0 Å². The highest BCUT2D eigenvalue weighted by Gasteiger charge is 2.19. The first-order valence-corrected chi connectivity index (χ1v) is 9.30. The zero-order chi connectivity index (χ0) is 18.4. The zero-order valence-electron chi connectivity index (χ0n) is 14.8. The lowest BCUT2D eigenvalue weighted by Gasteiger charge is -2.17. The quantitative estimate of drug-likeness (QED) is 0.791. The molecular weight excluding hydrogens is 352 g/mol. The average Bonchev–Trinajstić information content (AvgIpc) is 3.14. The Kier molecular flexibility index (Phi) is 6.34. The van der Waals surface area contributed by atoms with Crippen LogP contribution in [-0.4, -0.2) is 23.1 Å². The van der Waals surface area contributed by atoms with Crippen molar-refractivity contribution < 1.29 is 14.3 Å². The van der Waals surface area contributed by atoms with Crippen molar-refractivity contribution in [3.8, 4) is 11.6 Å². The third kappa shape index (κ3) is 5.11. The molecule has 0 saturated heterocycles. The van der Waals surface area contributed by atoms with Gasteiger partial charge in [-0.2, -0.15) is 0 Å². The summed E-state index contributed by atoms with van der Waals surface area (Å²) in [4.78, 5) is 16.7. The molecular formula is C20H23ClN2O3. The molecule has 26 heavy (non-hydrogen) atoms. The maximum absolute atomic E-state index is 12.3. The fraction of sp³-hybridized carbons (Fsp3) is 0.400. The molecule has 1 N–H and O–H groups in total. The lowest BCUT2D eigenvalue weighted by Crippen LogP contribution is -2.36. The minimum Gasteiger partial charge on any atom is -0.481 e. The van der Waals surface area contributed by atoms with Gasteiger partial charge in [0.1, 0.15) is 11.9 Å². The fourth-order valence-corrected chi connectivity index (χ4v) is 3.13. The van der Waals surface area contributed by atoms with E-state index in [1.165, 1.54) is 12.8 Å². The second-order valence-electron chi connectivity index (χ2n) is 6.43. The van der Waals surface area contributed by atoms with E-state index in [0.717, 1.165) is 18.4 Å². The number of aromatic nitrogens is 1. The van der Waals surface area contributed by atoms with Gasteiger partial charge < -0.3 is 14.8 Å². The molecule has 1 saturated carbocycles. The molecule has 1 unspecified atom stereocenters. The molecule has 1 heterocycles. The number of carbonyl (C=O) groups excluding carboxylic acids is 1. The average molecular weight is 375 g/mol. The van der Waals surface area contributed by atoms with Crippen molar-refractivity contribution in [2.24, 2.45) is 0 Å². The van der Waals surface area contributed by atoms with Crippen LogP contribution < -0.4 is 14.8 Å². The van der Waals surface area contributed by atoms with Crippen molar-refractivity contribution in [3.63, 3.8) is 0 Å². The van der Waals surface area contributed by atoms with Crippen LogP contribution in [0.1, 0.15) is 38.2 Å². The number of carbonyl (C=O) groups is 1. The Morgan fingerprint density at radius 3 is 2.88 bits per heavy atom. The molecule has 0 aliphatic heterocycles. The summed E-state index contributed by atoms with van der Waals surface area (Å²) in [5, 5.41) is 3.45. The van der Waals surface area contributed by atoms with E-state index in [4.69, 9.17) is 21.1 Å². The van der Waals surface area contributed by atoms with Gasteiger partial charge in [0.2, 0.25) is 5.88 Å². The molecule has 1 aromatic heterocycles. The standard InChI is InChI=1S/C20H23ClN2O3/c1-14(25-18-10-4-7-16(21)12-18)19(24)23-13-15-6-5-11-22-20(15)26-17-8-2-3-9-17/h4-7,10-12,14,17H,2-3,8-9,13H2,1H3,(H,23,24). The first-order valence-electron chi connectivity index (χ1n) is 8.92. The Morgan fingerprint density at radius 1 is 1.31 bits per heavy atom. The third-order valence-corrected chi connectivity index (χ3v) is 4.60. The maximum Gasteiger partial charge on any atom is 0.261 e. The predicted octanol–water partition coefficient (Wildman–Crippen LogP) is 4.14. The second-order valence-corrected chi connectivity index (χ2v) is 6.86. The molecule has 0 radical (unpaired) electrons. The van der Waals surface area contributed by atoms with Crippen LogP contribution in [-0.2, 0) is 11.3 Å². The van der Waals surface area contributed by atoms with E-state index < -0.39 is 6.10 Å². The van der Waals surface area contributed by atoms with Gasteiger partial charge in [0, 0.05) is 23.3 Å². The molecule has 0 spiro atoms. The molecule has 5 nitrogen and oxygen atoms in total. The van der Waals surface area contributed by atoms with E-state index in [1.807, 2.05) is 12.1 Å². The summed E-state index contributed by atoms with van der Waals surface area (Å²) in [6.45, 7) is 2.05. The number of amides is 1. The summed E-state index contributed by atoms with van der Waals surface area (Å²) in [7, 11) is 0. The van der Waals surface area contributed by atoms with Crippen molar-refractivity contribution in [1.82, 2.24) is 10.3 Å². The third-order valence-electron chi connectivity index (χ3n) is 4.36. The Labute approximate surface area is 158 Å². The fourth-order valence-electron chi connectivity index (χ4n) is 2.95. The number of hydrogen-bond donors (Lipinski definition) is 1. The molecule has 1 amide bonds. The second kappa shape index (κ2) is 8.90. The highest BCUT2D eigenvalue weighted by Crippen LogP contribution is 2.25. The van der Waals surface area contributed by atoms with Gasteiger partial charge >= 0.3 is 0 Å². The number of rotatable bonds is 7. The molecule has 1 fully saturated rings. The smallest absolute Gasteiger partial charge is 0.261 e. The first kappa shape index (κ1) is 18.5. The van der Waals surface area contributed by atoms with E-state index in [2.05, 4.69) is 10.3 Å². The molecule has 1 aliphatic rings. The predicted molar refractivity (Wildman–Crippen MR) is 101 cm³/mol. The van der Waals surface area contributed by atoms with Crippen LogP contribution in [0.5, 0.6) is 11.6 Å². The lowest BCUT2D eigenvalue weighted by molar-refractivity contribution is -0.127. The highest BCUT2D eigenvalue weighted by atomic mass is 35.5. The highest BCUT2D eigenvalue weighted by molar-refractivity contribution is 6.30. The number of hydrogen-bond acceptors (Lipinski definition) is 4. The number of nitrogens with one attached hydrogen (secondary N) is 1. The van der Waals surface area contributed by atoms with Gasteiger partial charge in [-0.3, -0.25) is 4.79 Å². The maximum atomic E-state index is 12.3. The van der Waals surface area contributed by atoms with Crippen LogP contribution in [0.3, 0.4) is 0 Å². The monoisotopic (exact) mass is 374 g/mol. The number of pyridine rings is 1. The van der Waals surface area contributed by atoms with E-state index in [-0.39, 0.29) is 12.0 Å². The normalized spacial score (nSPS) is 15.5. The van der Waals surface area contributed by atoms with Gasteiger partial charge in [0.15, 0.2) is 6.10 Å². The minimum atomic E-state index is -0.635. The molecule has 0 bridgehead atoms. The minimum absolute atomic E-state index is 0.208. The summed E-state index contributed by atoms with van der Waals surface area (Å²) >= 11 is 5.93. The van der Waals surface area contributed by atoms with Crippen molar-refractivity contribution in [2.75, 3.05) is 0 Å². The van der Waals surface area contributed by atoms with Gasteiger partial charge in [-0.25, -0.2) is 4.98 Å². The van der Waals surface area contributed by atoms with Crippen molar-refractivity contribution >= 4 is 17.5 Å². The zero-order valence-corrected chi connectivity index (χ0v) is 15.5. The van der Waals surface area contributed by atoms with Gasteiger partial charge in [0.05, 0.1) is 0 Å². The van der Waals surface area contributed by atoms with Gasteiger partial charge in [-0.15, -0.1) is 0 Å². The van der Waals surface area contributed by atoms with Crippen LogP contribution in [0.4, 0.5) is 0 Å². The van der Waals surface area contributed by atoms with Crippen LogP contribution in [0.15, 0.2) is 42.6 Å². The van der Waals surface area contributed by atoms with Gasteiger partial charge in [-0.05, 0) is 56.9 Å². The van der Waals surface area contributed by atoms with Crippen LogP contribution in [0.2, 0.25) is 5.02 Å². The SMILES string of the molecule is CC(Oc1cccc(Cl)c1)C(=O)NCc1cccnc1OC1CCCC1. The van der Waals surface area contributed by atoms with E-state index >= 15 is 0 Å². The summed E-state index contributed by atoms with van der Waals surface area (Å²) in [6.07, 6.45) is 5.82. The lowest BCUT2D eigenvalue weighted by atomic mass is 10.2. The van der Waals surface area contributed by atoms with Crippen LogP contribution >= 0.6 is 11.6 Å². The van der Waals surface area contributed by atoms with E-state index in [0.29, 0.717) is 23.2 Å². The first-order chi connectivity index (χ1) is 12.6. The van der Waals surface area contributed by atoms with Gasteiger partial charge in [-0.1, -0.05) is 23.7 Å². The summed E-state index contributed by atoms with van der Waals surface area (Å²) in [5.41, 5.74) is 0.864. The molecule has 3 rings (SSSR count). The largest absolute Gasteiger partial charge is 0.481 e. The topological polar surface area (TPSA) is 60.5 Å². The number of ether oxygens (including phenoxy) is 2. The Bertz CT molecular complexity index is 747. The van der Waals surface area contributed by atoms with Gasteiger partial charge in [0.25, 0.3) is 5.91 Å². The van der Waals surface area contributed by atoms with Crippen LogP contribution in [0, 0.1) is 0 Å². The molecule has 2 aromatic rings. The molecule has 1 atom stereocenters. The molecule has 1 aromatic carbocycles. The van der Waals surface area contributed by atoms with E-state index in [9.17, 15) is 4.79 Å². The molecule has 6 heteroatoms. The van der Waals surface area contributed by atoms with Crippen molar-refractivity contribution in [2.45, 2.75) is 51.4 Å². The van der Waals surface area contributed by atoms with Crippen LogP contribution in [0.25, 0.3) is 0 Å². The Hall–Kier alpha value is -2.27. The van der Waals surface area contributed by atoms with E-state index in [1.54, 1.807) is 37.4 Å². The Morgan fingerprint density at radius 2 is 2.12 bits per heavy atom. The number of halogens is 1. The summed E-state index contributed by atoms with van der Waals surface area (Å²) in [6, 6.07) is 10.7. The summed E-state index contributed by atoms with van der Waals surface area (Å²) in [5.74, 6) is 0.954. The molecule has 138 valence electrons. The molecule has 1 aliphatic carbocycles. The number of benzene rings is 1. The Balaban J connectivity index is 1.55.